The van der Waals surface area contributed by atoms with Crippen molar-refractivity contribution in [3.05, 3.63) is 68.5 Å². The van der Waals surface area contributed by atoms with Crippen molar-refractivity contribution >= 4 is 39.7 Å². The zero-order chi connectivity index (χ0) is 27.3. The number of halogens is 1. The Hall–Kier alpha value is -3.47. The van der Waals surface area contributed by atoms with E-state index in [1.807, 2.05) is 36.4 Å². The number of nitrogens with one attached hydrogen (secondary N) is 1. The number of hydrogen-bond acceptors (Lipinski definition) is 6. The molecule has 1 saturated heterocycles. The molecule has 4 aromatic rings. The van der Waals surface area contributed by atoms with Crippen LogP contribution in [0, 0.1) is 12.7 Å². The van der Waals surface area contributed by atoms with Gasteiger partial charge < -0.3 is 9.88 Å². The van der Waals surface area contributed by atoms with Gasteiger partial charge in [0.1, 0.15) is 17.3 Å². The van der Waals surface area contributed by atoms with Gasteiger partial charge in [-0.15, -0.1) is 0 Å². The van der Waals surface area contributed by atoms with E-state index in [9.17, 15) is 18.8 Å². The lowest BCUT2D eigenvalue weighted by atomic mass is 9.90. The molecule has 1 N–H and O–H groups in total. The lowest BCUT2D eigenvalue weighted by Crippen LogP contribution is -2.46. The molecule has 2 aliphatic rings. The molecule has 11 heteroatoms. The van der Waals surface area contributed by atoms with E-state index >= 15 is 0 Å². The number of imidazole rings is 1. The third-order valence-corrected chi connectivity index (χ3v) is 9.29. The summed E-state index contributed by atoms with van der Waals surface area (Å²) in [6.07, 6.45) is 5.07. The van der Waals surface area contributed by atoms with E-state index in [0.29, 0.717) is 31.2 Å². The third kappa shape index (κ3) is 4.66. The average Bonchev–Trinajstić information content (AvgIpc) is 3.23. The quantitative estimate of drug-likeness (QED) is 0.414. The molecule has 0 spiro atoms. The van der Waals surface area contributed by atoms with Crippen LogP contribution in [0.15, 0.2) is 40.1 Å². The van der Waals surface area contributed by atoms with Crippen LogP contribution in [-0.4, -0.2) is 47.1 Å². The largest absolute Gasteiger partial charge is 0.349 e. The fraction of sp³-hybridized carbons (Fsp3) is 0.464. The number of aryl methyl sites for hydroxylation is 2. The molecule has 0 bridgehead atoms. The first-order valence-corrected chi connectivity index (χ1v) is 14.6. The van der Waals surface area contributed by atoms with Gasteiger partial charge in [-0.25, -0.2) is 19.2 Å². The predicted octanol–water partition coefficient (Wildman–Crippen LogP) is 3.87. The molecular formula is C28H31FN6O3S. The van der Waals surface area contributed by atoms with Crippen LogP contribution in [0.4, 0.5) is 4.39 Å². The number of rotatable bonds is 4. The van der Waals surface area contributed by atoms with Gasteiger partial charge in [0.2, 0.25) is 0 Å². The molecule has 0 atom stereocenters. The lowest BCUT2D eigenvalue weighted by molar-refractivity contribution is 0.0922. The SMILES string of the molecule is Cc1nc2cc(C(=O)NC3CCC(n4c(=O)c5cc(F)cnc5n(C5CCSCC5)c4=O)CC3)ccc2n1C. The molecule has 9 nitrogen and oxygen atoms in total. The molecule has 204 valence electrons. The Kier molecular flexibility index (Phi) is 6.78. The number of carbonyl (C=O) groups excluding carboxylic acids is 1. The average molecular weight is 551 g/mol. The zero-order valence-electron chi connectivity index (χ0n) is 22.0. The van der Waals surface area contributed by atoms with Crippen molar-refractivity contribution in [1.29, 1.82) is 0 Å². The number of benzene rings is 1. The molecule has 1 amide bonds. The predicted molar refractivity (Wildman–Crippen MR) is 150 cm³/mol. The zero-order valence-corrected chi connectivity index (χ0v) is 22.8. The minimum atomic E-state index is -0.596. The number of hydrogen-bond donors (Lipinski definition) is 1. The highest BCUT2D eigenvalue weighted by atomic mass is 32.2. The van der Waals surface area contributed by atoms with Crippen LogP contribution in [0.1, 0.15) is 66.8 Å². The van der Waals surface area contributed by atoms with Gasteiger partial charge in [-0.05, 0) is 81.2 Å². The summed E-state index contributed by atoms with van der Waals surface area (Å²) in [5.74, 6) is 1.98. The topological polar surface area (TPSA) is 104 Å². The smallest absolute Gasteiger partial charge is 0.333 e. The molecule has 2 fully saturated rings. The van der Waals surface area contributed by atoms with Gasteiger partial charge >= 0.3 is 5.69 Å². The van der Waals surface area contributed by atoms with Gasteiger partial charge in [-0.2, -0.15) is 11.8 Å². The lowest BCUT2D eigenvalue weighted by Gasteiger charge is -2.31. The van der Waals surface area contributed by atoms with E-state index in [0.717, 1.165) is 47.4 Å². The van der Waals surface area contributed by atoms with Gasteiger partial charge in [0.15, 0.2) is 0 Å². The number of aromatic nitrogens is 5. The summed E-state index contributed by atoms with van der Waals surface area (Å²) in [5, 5.41) is 3.26. The minimum Gasteiger partial charge on any atom is -0.349 e. The maximum absolute atomic E-state index is 14.1. The Bertz CT molecular complexity index is 1700. The molecule has 39 heavy (non-hydrogen) atoms. The first-order chi connectivity index (χ1) is 18.8. The van der Waals surface area contributed by atoms with Crippen LogP contribution < -0.4 is 16.6 Å². The molecular weight excluding hydrogens is 519 g/mol. The highest BCUT2D eigenvalue weighted by molar-refractivity contribution is 7.99. The summed E-state index contributed by atoms with van der Waals surface area (Å²) in [7, 11) is 1.94. The Labute approximate surface area is 228 Å². The second kappa shape index (κ2) is 10.3. The van der Waals surface area contributed by atoms with Gasteiger partial charge in [-0.1, -0.05) is 0 Å². The number of pyridine rings is 1. The highest BCUT2D eigenvalue weighted by Gasteiger charge is 2.30. The van der Waals surface area contributed by atoms with Crippen molar-refractivity contribution in [3.63, 3.8) is 0 Å². The van der Waals surface area contributed by atoms with Gasteiger partial charge in [-0.3, -0.25) is 18.7 Å². The van der Waals surface area contributed by atoms with E-state index in [4.69, 9.17) is 0 Å². The molecule has 0 unspecified atom stereocenters. The Balaban J connectivity index is 1.23. The number of fused-ring (bicyclic) bond motifs is 2. The Morgan fingerprint density at radius 1 is 1.03 bits per heavy atom. The van der Waals surface area contributed by atoms with Crippen LogP contribution in [0.25, 0.3) is 22.1 Å². The van der Waals surface area contributed by atoms with Gasteiger partial charge in [0.25, 0.3) is 11.5 Å². The standard InChI is InChI=1S/C28H31FN6O3S/c1-16-31-23-13-17(3-8-24(23)33(16)2)26(36)32-19-4-6-20(7-5-19)35-27(37)22-14-18(29)15-30-25(22)34(28(35)38)21-9-11-39-12-10-21/h3,8,13-15,19-21H,4-7,9-12H2,1-2H3,(H,32,36). The van der Waals surface area contributed by atoms with E-state index < -0.39 is 11.4 Å². The van der Waals surface area contributed by atoms with E-state index in [2.05, 4.69) is 15.3 Å². The molecule has 1 aromatic carbocycles. The van der Waals surface area contributed by atoms with Crippen molar-refractivity contribution in [2.24, 2.45) is 7.05 Å². The number of nitrogens with zero attached hydrogens (tertiary/aromatic N) is 5. The monoisotopic (exact) mass is 550 g/mol. The van der Waals surface area contributed by atoms with Crippen LogP contribution >= 0.6 is 11.8 Å². The fourth-order valence-corrected chi connectivity index (χ4v) is 7.09. The van der Waals surface area contributed by atoms with Crippen molar-refractivity contribution in [2.45, 2.75) is 63.6 Å². The van der Waals surface area contributed by atoms with Crippen LogP contribution in [0.2, 0.25) is 0 Å². The summed E-state index contributed by atoms with van der Waals surface area (Å²) < 4.78 is 19.1. The Morgan fingerprint density at radius 2 is 1.74 bits per heavy atom. The minimum absolute atomic E-state index is 0.0669. The summed E-state index contributed by atoms with van der Waals surface area (Å²) >= 11 is 1.84. The number of amides is 1. The molecule has 0 radical (unpaired) electrons. The first kappa shape index (κ1) is 25.8. The molecule has 1 saturated carbocycles. The van der Waals surface area contributed by atoms with Crippen LogP contribution in [0.5, 0.6) is 0 Å². The highest BCUT2D eigenvalue weighted by Crippen LogP contribution is 2.30. The molecule has 1 aliphatic heterocycles. The normalized spacial score (nSPS) is 20.5. The molecule has 3 aromatic heterocycles. The summed E-state index contributed by atoms with van der Waals surface area (Å²) in [6, 6.07) is 6.25. The van der Waals surface area contributed by atoms with E-state index in [1.54, 1.807) is 16.7 Å². The second-order valence-electron chi connectivity index (χ2n) is 10.6. The van der Waals surface area contributed by atoms with Crippen molar-refractivity contribution in [3.8, 4) is 0 Å². The van der Waals surface area contributed by atoms with E-state index in [1.165, 1.54) is 10.6 Å². The second-order valence-corrected chi connectivity index (χ2v) is 11.8. The molecule has 6 rings (SSSR count). The fourth-order valence-electron chi connectivity index (χ4n) is 6.01. The first-order valence-electron chi connectivity index (χ1n) is 13.5. The summed E-state index contributed by atoms with van der Waals surface area (Å²) in [4.78, 5) is 49.0. The maximum atomic E-state index is 14.1. The van der Waals surface area contributed by atoms with Crippen molar-refractivity contribution in [2.75, 3.05) is 11.5 Å². The Morgan fingerprint density at radius 3 is 2.49 bits per heavy atom. The van der Waals surface area contributed by atoms with Crippen molar-refractivity contribution < 1.29 is 9.18 Å². The van der Waals surface area contributed by atoms with Gasteiger partial charge in [0, 0.05) is 30.7 Å². The number of carbonyl (C=O) groups is 1. The van der Waals surface area contributed by atoms with Gasteiger partial charge in [0.05, 0.1) is 22.6 Å². The van der Waals surface area contributed by atoms with Crippen LogP contribution in [-0.2, 0) is 7.05 Å². The van der Waals surface area contributed by atoms with E-state index in [-0.39, 0.29) is 40.8 Å². The number of thioether (sulfide) groups is 1. The van der Waals surface area contributed by atoms with Crippen LogP contribution in [0.3, 0.4) is 0 Å². The van der Waals surface area contributed by atoms with Crippen molar-refractivity contribution in [1.82, 2.24) is 29.0 Å². The molecule has 4 heterocycles. The summed E-state index contributed by atoms with van der Waals surface area (Å²) in [6.45, 7) is 1.93. The molecule has 1 aliphatic carbocycles. The third-order valence-electron chi connectivity index (χ3n) is 8.24. The summed E-state index contributed by atoms with van der Waals surface area (Å²) in [5.41, 5.74) is 1.71. The maximum Gasteiger partial charge on any atom is 0.333 e.